The zero-order valence-electron chi connectivity index (χ0n) is 21.4. The van der Waals surface area contributed by atoms with Gasteiger partial charge in [-0.2, -0.15) is 10.5 Å². The smallest absolute Gasteiger partial charge is 0.226 e. The number of aryl methyl sites for hydroxylation is 1. The third kappa shape index (κ3) is 5.72. The number of anilines is 1. The van der Waals surface area contributed by atoms with Crippen molar-refractivity contribution in [2.24, 2.45) is 0 Å². The maximum absolute atomic E-state index is 10.1. The number of ether oxygens (including phenoxy) is 3. The summed E-state index contributed by atoms with van der Waals surface area (Å²) in [6.07, 6.45) is 1.48. The van der Waals surface area contributed by atoms with Gasteiger partial charge >= 0.3 is 0 Å². The molecular formula is C27H24N6O5S. The van der Waals surface area contributed by atoms with Gasteiger partial charge in [0.2, 0.25) is 11.8 Å². The molecule has 39 heavy (non-hydrogen) atoms. The quantitative estimate of drug-likeness (QED) is 0.274. The molecule has 3 N–H and O–H groups in total. The van der Waals surface area contributed by atoms with Crippen molar-refractivity contribution in [3.8, 4) is 52.1 Å². The molecule has 198 valence electrons. The van der Waals surface area contributed by atoms with E-state index in [1.54, 1.807) is 45.4 Å². The Labute approximate surface area is 228 Å². The van der Waals surface area contributed by atoms with E-state index in [0.29, 0.717) is 62.2 Å². The Bertz CT molecular complexity index is 1570. The van der Waals surface area contributed by atoms with Gasteiger partial charge in [0.1, 0.15) is 40.9 Å². The first-order chi connectivity index (χ1) is 18.9. The maximum Gasteiger partial charge on any atom is 0.226 e. The van der Waals surface area contributed by atoms with Crippen LogP contribution in [-0.2, 0) is 5.75 Å². The summed E-state index contributed by atoms with van der Waals surface area (Å²) >= 11 is 1.25. The molecule has 4 rings (SSSR count). The van der Waals surface area contributed by atoms with E-state index >= 15 is 0 Å². The topological polar surface area (TPSA) is 173 Å². The van der Waals surface area contributed by atoms with Crippen molar-refractivity contribution >= 4 is 17.6 Å². The van der Waals surface area contributed by atoms with Crippen molar-refractivity contribution < 1.29 is 23.7 Å². The van der Waals surface area contributed by atoms with E-state index in [0.717, 1.165) is 0 Å². The van der Waals surface area contributed by atoms with E-state index in [-0.39, 0.29) is 30.2 Å². The molecule has 0 amide bonds. The second kappa shape index (κ2) is 12.2. The second-order valence-corrected chi connectivity index (χ2v) is 8.95. The lowest BCUT2D eigenvalue weighted by atomic mass is 9.98. The van der Waals surface area contributed by atoms with Gasteiger partial charge in [-0.1, -0.05) is 11.8 Å². The van der Waals surface area contributed by atoms with E-state index in [4.69, 9.17) is 29.5 Å². The van der Waals surface area contributed by atoms with Crippen LogP contribution in [0.15, 0.2) is 46.0 Å². The van der Waals surface area contributed by atoms with E-state index in [1.807, 2.05) is 12.1 Å². The van der Waals surface area contributed by atoms with Crippen LogP contribution in [0.2, 0.25) is 0 Å². The van der Waals surface area contributed by atoms with Gasteiger partial charge in [0, 0.05) is 34.7 Å². The Morgan fingerprint density at radius 1 is 1.03 bits per heavy atom. The number of aliphatic hydroxyl groups excluding tert-OH is 1. The fraction of sp³-hybridized carbons (Fsp3) is 0.222. The summed E-state index contributed by atoms with van der Waals surface area (Å²) in [4.78, 5) is 13.2. The van der Waals surface area contributed by atoms with Crippen LogP contribution in [0, 0.1) is 29.6 Å². The molecule has 0 saturated heterocycles. The summed E-state index contributed by atoms with van der Waals surface area (Å²) in [5.74, 6) is 2.79. The number of benzene rings is 1. The summed E-state index contributed by atoms with van der Waals surface area (Å²) in [5.41, 5.74) is 8.61. The summed E-state index contributed by atoms with van der Waals surface area (Å²) in [6, 6.07) is 12.8. The van der Waals surface area contributed by atoms with Gasteiger partial charge in [-0.15, -0.1) is 0 Å². The molecule has 12 heteroatoms. The van der Waals surface area contributed by atoms with E-state index in [1.165, 1.54) is 18.0 Å². The number of nitriles is 2. The van der Waals surface area contributed by atoms with Gasteiger partial charge in [-0.3, -0.25) is 0 Å². The Balaban J connectivity index is 1.65. The minimum Gasteiger partial charge on any atom is -0.493 e. The first kappa shape index (κ1) is 27.3. The maximum atomic E-state index is 10.1. The molecular weight excluding hydrogens is 520 g/mol. The Kier molecular flexibility index (Phi) is 8.51. The third-order valence-corrected chi connectivity index (χ3v) is 6.64. The third-order valence-electron chi connectivity index (χ3n) is 5.65. The molecule has 11 nitrogen and oxygen atoms in total. The van der Waals surface area contributed by atoms with Crippen molar-refractivity contribution in [2.75, 3.05) is 33.2 Å². The molecule has 0 spiro atoms. The molecule has 0 bridgehead atoms. The lowest BCUT2D eigenvalue weighted by Gasteiger charge is -2.13. The summed E-state index contributed by atoms with van der Waals surface area (Å²) < 4.78 is 21.9. The Morgan fingerprint density at radius 3 is 2.41 bits per heavy atom. The zero-order chi connectivity index (χ0) is 27.9. The van der Waals surface area contributed by atoms with Gasteiger partial charge in [0.05, 0.1) is 32.1 Å². The summed E-state index contributed by atoms with van der Waals surface area (Å²) in [5, 5.41) is 29.1. The normalized spacial score (nSPS) is 10.5. The highest BCUT2D eigenvalue weighted by Crippen LogP contribution is 2.38. The number of thioether (sulfide) groups is 1. The molecule has 0 saturated carbocycles. The van der Waals surface area contributed by atoms with Crippen LogP contribution in [0.4, 0.5) is 5.82 Å². The Hall–Kier alpha value is -4.78. The van der Waals surface area contributed by atoms with E-state index in [9.17, 15) is 10.5 Å². The minimum absolute atomic E-state index is 0.00232. The largest absolute Gasteiger partial charge is 0.493 e. The molecule has 0 radical (unpaired) electrons. The monoisotopic (exact) mass is 544 g/mol. The number of nitrogens with zero attached hydrogens (tertiary/aromatic N) is 5. The molecule has 0 fully saturated rings. The molecule has 3 aromatic heterocycles. The molecule has 0 aliphatic rings. The number of oxazole rings is 1. The van der Waals surface area contributed by atoms with Crippen molar-refractivity contribution in [1.82, 2.24) is 15.0 Å². The zero-order valence-corrected chi connectivity index (χ0v) is 22.2. The molecule has 3 heterocycles. The fourth-order valence-corrected chi connectivity index (χ4v) is 4.74. The molecule has 0 aliphatic heterocycles. The minimum atomic E-state index is -0.150. The first-order valence-corrected chi connectivity index (χ1v) is 12.6. The molecule has 0 aliphatic carbocycles. The van der Waals surface area contributed by atoms with Gasteiger partial charge in [-0.05, 0) is 31.2 Å². The number of hydrogen-bond acceptors (Lipinski definition) is 12. The number of methoxy groups -OCH3 is 2. The highest BCUT2D eigenvalue weighted by molar-refractivity contribution is 7.98. The standard InChI is InChI=1S/C27H24N6O5S/c1-15-20(32-26(38-15)16-4-6-21(35-2)22(10-16)36-3)14-39-27-19(12-29)24(18(11-28)25(30)33-27)17-5-7-23(31-13-17)37-9-8-34/h4-7,10,13,34H,8-9,14H2,1-3H3,(H2,30,33). The van der Waals surface area contributed by atoms with Gasteiger partial charge in [-0.25, -0.2) is 15.0 Å². The summed E-state index contributed by atoms with van der Waals surface area (Å²) in [6.45, 7) is 1.75. The lowest BCUT2D eigenvalue weighted by molar-refractivity contribution is 0.196. The van der Waals surface area contributed by atoms with Crippen molar-refractivity contribution in [2.45, 2.75) is 17.7 Å². The van der Waals surface area contributed by atoms with Crippen LogP contribution in [0.1, 0.15) is 22.6 Å². The van der Waals surface area contributed by atoms with E-state index < -0.39 is 0 Å². The summed E-state index contributed by atoms with van der Waals surface area (Å²) in [7, 11) is 3.11. The molecule has 0 atom stereocenters. The second-order valence-electron chi connectivity index (χ2n) is 7.99. The van der Waals surface area contributed by atoms with E-state index in [2.05, 4.69) is 21.0 Å². The van der Waals surface area contributed by atoms with Gasteiger partial charge < -0.3 is 29.5 Å². The Morgan fingerprint density at radius 2 is 1.77 bits per heavy atom. The highest BCUT2D eigenvalue weighted by atomic mass is 32.2. The fourth-order valence-electron chi connectivity index (χ4n) is 3.75. The lowest BCUT2D eigenvalue weighted by Crippen LogP contribution is -2.05. The number of pyridine rings is 2. The molecule has 0 unspecified atom stereocenters. The predicted octanol–water partition coefficient (Wildman–Crippen LogP) is 4.11. The van der Waals surface area contributed by atoms with Crippen LogP contribution in [0.3, 0.4) is 0 Å². The first-order valence-electron chi connectivity index (χ1n) is 11.6. The van der Waals surface area contributed by atoms with Crippen LogP contribution >= 0.6 is 11.8 Å². The van der Waals surface area contributed by atoms with Crippen LogP contribution in [0.25, 0.3) is 22.6 Å². The number of nitrogens with two attached hydrogens (primary N) is 1. The number of aliphatic hydroxyl groups is 1. The van der Waals surface area contributed by atoms with Crippen molar-refractivity contribution in [3.63, 3.8) is 0 Å². The van der Waals surface area contributed by atoms with Crippen LogP contribution in [-0.4, -0.2) is 47.5 Å². The number of nitrogen functional groups attached to an aromatic ring is 1. The average molecular weight is 545 g/mol. The predicted molar refractivity (Wildman–Crippen MR) is 143 cm³/mol. The highest BCUT2D eigenvalue weighted by Gasteiger charge is 2.22. The SMILES string of the molecule is COc1ccc(-c2nc(CSc3nc(N)c(C#N)c(-c4ccc(OCCO)nc4)c3C#N)c(C)o2)cc1OC. The van der Waals surface area contributed by atoms with Crippen LogP contribution in [0.5, 0.6) is 17.4 Å². The molecule has 4 aromatic rings. The molecule has 1 aromatic carbocycles. The number of aromatic nitrogens is 3. The van der Waals surface area contributed by atoms with Gasteiger partial charge in [0.15, 0.2) is 11.5 Å². The van der Waals surface area contributed by atoms with Crippen molar-refractivity contribution in [3.05, 3.63) is 59.1 Å². The number of hydrogen-bond donors (Lipinski definition) is 2. The van der Waals surface area contributed by atoms with Crippen LogP contribution < -0.4 is 19.9 Å². The van der Waals surface area contributed by atoms with Crippen molar-refractivity contribution in [1.29, 1.82) is 10.5 Å². The van der Waals surface area contributed by atoms with Gasteiger partial charge in [0.25, 0.3) is 0 Å². The average Bonchev–Trinajstić information content (AvgIpc) is 3.34. The number of rotatable bonds is 10.